The van der Waals surface area contributed by atoms with E-state index in [1.165, 1.54) is 32.6 Å². The molecule has 16 aromatic rings. The van der Waals surface area contributed by atoms with E-state index in [9.17, 15) is 0 Å². The molecule has 0 amide bonds. The number of para-hydroxylation sites is 4. The number of nitrogens with zero attached hydrogens (tertiary/aromatic N) is 5. The topological polar surface area (TPSA) is 74.8 Å². The van der Waals surface area contributed by atoms with Gasteiger partial charge in [-0.15, -0.1) is 0 Å². The number of hydrogen-bond donors (Lipinski definition) is 0. The third kappa shape index (κ3) is 6.59. The molecular formula is C69H41N5O2. The lowest BCUT2D eigenvalue weighted by Crippen LogP contribution is -2.00. The van der Waals surface area contributed by atoms with Gasteiger partial charge in [-0.25, -0.2) is 15.0 Å². The quantitative estimate of drug-likeness (QED) is 0.159. The normalized spacial score (nSPS) is 11.9. The first kappa shape index (κ1) is 42.2. The molecule has 0 saturated carbocycles. The van der Waals surface area contributed by atoms with Crippen LogP contribution in [0.1, 0.15) is 0 Å². The van der Waals surface area contributed by atoms with Crippen molar-refractivity contribution < 1.29 is 8.83 Å². The summed E-state index contributed by atoms with van der Waals surface area (Å²) in [5, 5.41) is 8.88. The minimum atomic E-state index is 0.544. The van der Waals surface area contributed by atoms with Crippen LogP contribution in [0.2, 0.25) is 0 Å². The van der Waals surface area contributed by atoms with Crippen LogP contribution in [-0.2, 0) is 0 Å². The SMILES string of the molecule is c1ccc(-c2nc(-c3ccc4c(c3)oc3ccc(-n5c6ccccc6c6ccccc65)cc34)nc(-c3cccc4oc5ccc(-c6cccc(-c7ccc8c(c7)c7ccccc7n8-c7ccccc7)c6)cc5c34)n2)cc1. The second-order valence-corrected chi connectivity index (χ2v) is 19.5. The zero-order valence-electron chi connectivity index (χ0n) is 40.7. The molecule has 0 aliphatic rings. The Hall–Kier alpha value is -10.4. The Kier molecular flexibility index (Phi) is 9.20. The predicted molar refractivity (Wildman–Crippen MR) is 310 cm³/mol. The van der Waals surface area contributed by atoms with E-state index in [4.69, 9.17) is 23.8 Å². The van der Waals surface area contributed by atoms with Gasteiger partial charge in [0, 0.05) is 71.2 Å². The largest absolute Gasteiger partial charge is 0.456 e. The number of furan rings is 2. The molecule has 11 aromatic carbocycles. The van der Waals surface area contributed by atoms with E-state index < -0.39 is 0 Å². The van der Waals surface area contributed by atoms with Crippen molar-refractivity contribution in [1.29, 1.82) is 0 Å². The van der Waals surface area contributed by atoms with Gasteiger partial charge < -0.3 is 18.0 Å². The van der Waals surface area contributed by atoms with Crippen molar-refractivity contribution >= 4 is 87.5 Å². The van der Waals surface area contributed by atoms with Crippen LogP contribution in [0.3, 0.4) is 0 Å². The maximum atomic E-state index is 6.62. The third-order valence-corrected chi connectivity index (χ3v) is 15.2. The van der Waals surface area contributed by atoms with Crippen molar-refractivity contribution in [3.63, 3.8) is 0 Å². The van der Waals surface area contributed by atoms with Gasteiger partial charge in [0.05, 0.1) is 22.1 Å². The van der Waals surface area contributed by atoms with E-state index in [2.05, 4.69) is 215 Å². The Bertz CT molecular complexity index is 4950. The summed E-state index contributed by atoms with van der Waals surface area (Å²) >= 11 is 0. The van der Waals surface area contributed by atoms with Gasteiger partial charge in [-0.3, -0.25) is 0 Å². The monoisotopic (exact) mass is 971 g/mol. The van der Waals surface area contributed by atoms with Crippen molar-refractivity contribution in [3.8, 4) is 67.8 Å². The highest BCUT2D eigenvalue weighted by molar-refractivity contribution is 6.14. The molecule has 0 N–H and O–H groups in total. The highest BCUT2D eigenvalue weighted by Gasteiger charge is 2.21. The van der Waals surface area contributed by atoms with Crippen molar-refractivity contribution in [3.05, 3.63) is 249 Å². The molecule has 16 rings (SSSR count). The molecule has 5 aromatic heterocycles. The molecule has 0 aliphatic heterocycles. The number of hydrogen-bond acceptors (Lipinski definition) is 5. The van der Waals surface area contributed by atoms with E-state index >= 15 is 0 Å². The first-order valence-corrected chi connectivity index (χ1v) is 25.6. The highest BCUT2D eigenvalue weighted by Crippen LogP contribution is 2.42. The summed E-state index contributed by atoms with van der Waals surface area (Å²) in [4.78, 5) is 15.6. The zero-order valence-corrected chi connectivity index (χ0v) is 40.7. The lowest BCUT2D eigenvalue weighted by atomic mass is 9.96. The summed E-state index contributed by atoms with van der Waals surface area (Å²) in [6, 6.07) is 87.5. The molecule has 0 bridgehead atoms. The number of benzene rings is 11. The van der Waals surface area contributed by atoms with Crippen LogP contribution in [-0.4, -0.2) is 24.1 Å². The minimum absolute atomic E-state index is 0.544. The fraction of sp³-hybridized carbons (Fsp3) is 0. The molecule has 0 unspecified atom stereocenters. The van der Waals surface area contributed by atoms with Gasteiger partial charge in [-0.2, -0.15) is 0 Å². The Morgan fingerprint density at radius 3 is 1.50 bits per heavy atom. The van der Waals surface area contributed by atoms with Crippen LogP contribution in [0.25, 0.3) is 155 Å². The molecule has 0 saturated heterocycles. The fourth-order valence-electron chi connectivity index (χ4n) is 11.7. The maximum Gasteiger partial charge on any atom is 0.164 e. The molecule has 0 radical (unpaired) electrons. The van der Waals surface area contributed by atoms with Gasteiger partial charge in [0.15, 0.2) is 17.5 Å². The third-order valence-electron chi connectivity index (χ3n) is 15.2. The molecule has 0 spiro atoms. The number of fused-ring (bicyclic) bond motifs is 12. The molecular weight excluding hydrogens is 931 g/mol. The summed E-state index contributed by atoms with van der Waals surface area (Å²) in [7, 11) is 0. The van der Waals surface area contributed by atoms with Gasteiger partial charge in [0.2, 0.25) is 0 Å². The second kappa shape index (κ2) is 16.6. The van der Waals surface area contributed by atoms with Crippen molar-refractivity contribution in [2.75, 3.05) is 0 Å². The van der Waals surface area contributed by atoms with Gasteiger partial charge in [0.1, 0.15) is 22.3 Å². The molecule has 7 heteroatoms. The van der Waals surface area contributed by atoms with Gasteiger partial charge in [0.25, 0.3) is 0 Å². The molecule has 7 nitrogen and oxygen atoms in total. The first-order valence-electron chi connectivity index (χ1n) is 25.6. The van der Waals surface area contributed by atoms with Crippen LogP contribution in [0.5, 0.6) is 0 Å². The average Bonchev–Trinajstić information content (AvgIpc) is 4.26. The Morgan fingerprint density at radius 1 is 0.250 bits per heavy atom. The van der Waals surface area contributed by atoms with Crippen LogP contribution < -0.4 is 0 Å². The lowest BCUT2D eigenvalue weighted by Gasteiger charge is -2.10. The number of aromatic nitrogens is 5. The van der Waals surface area contributed by atoms with E-state index in [0.29, 0.717) is 17.5 Å². The molecule has 5 heterocycles. The summed E-state index contributed by atoms with van der Waals surface area (Å²) < 4.78 is 17.9. The van der Waals surface area contributed by atoms with E-state index in [1.807, 2.05) is 42.5 Å². The van der Waals surface area contributed by atoms with Crippen LogP contribution in [0, 0.1) is 0 Å². The first-order chi connectivity index (χ1) is 37.6. The highest BCUT2D eigenvalue weighted by atomic mass is 16.3. The van der Waals surface area contributed by atoms with Crippen molar-refractivity contribution in [2.24, 2.45) is 0 Å². The minimum Gasteiger partial charge on any atom is -0.456 e. The van der Waals surface area contributed by atoms with Crippen LogP contribution >= 0.6 is 0 Å². The van der Waals surface area contributed by atoms with E-state index in [0.717, 1.165) is 105 Å². The Labute approximate surface area is 434 Å². The van der Waals surface area contributed by atoms with E-state index in [1.54, 1.807) is 0 Å². The van der Waals surface area contributed by atoms with Crippen molar-refractivity contribution in [1.82, 2.24) is 24.1 Å². The van der Waals surface area contributed by atoms with E-state index in [-0.39, 0.29) is 0 Å². The Morgan fingerprint density at radius 2 is 0.763 bits per heavy atom. The van der Waals surface area contributed by atoms with Gasteiger partial charge >= 0.3 is 0 Å². The summed E-state index contributed by atoms with van der Waals surface area (Å²) in [6.45, 7) is 0. The van der Waals surface area contributed by atoms with Gasteiger partial charge in [-0.05, 0) is 119 Å². The predicted octanol–water partition coefficient (Wildman–Crippen LogP) is 18.2. The summed E-state index contributed by atoms with van der Waals surface area (Å²) in [6.07, 6.45) is 0. The second-order valence-electron chi connectivity index (χ2n) is 19.5. The molecule has 76 heavy (non-hydrogen) atoms. The van der Waals surface area contributed by atoms with Crippen LogP contribution in [0.15, 0.2) is 258 Å². The smallest absolute Gasteiger partial charge is 0.164 e. The Balaban J connectivity index is 0.797. The number of rotatable bonds is 7. The molecule has 0 atom stereocenters. The lowest BCUT2D eigenvalue weighted by molar-refractivity contribution is 0.668. The van der Waals surface area contributed by atoms with Crippen LogP contribution in [0.4, 0.5) is 0 Å². The maximum absolute atomic E-state index is 6.62. The standard InChI is InChI=1S/C69H41N5O2/c1-3-15-42(16-4-1)67-70-68(47-29-33-53-56-41-49(32-36-62(56)76-65(53)40-47)74-58-25-10-7-21-50(58)51-22-8-11-26-59(51)74)72-69(71-67)54-24-14-28-64-66(54)57-39-46(31-35-63(57)75-64)44-18-13-17-43(37-44)45-30-34-61-55(38-45)52-23-9-12-27-60(52)73(61)48-19-5-2-6-20-48/h1-41H. The molecule has 354 valence electrons. The van der Waals surface area contributed by atoms with Gasteiger partial charge in [-0.1, -0.05) is 152 Å². The molecule has 0 aliphatic carbocycles. The summed E-state index contributed by atoms with van der Waals surface area (Å²) in [5.41, 5.74) is 17.1. The zero-order chi connectivity index (χ0) is 49.8. The molecule has 0 fully saturated rings. The average molecular weight is 972 g/mol. The van der Waals surface area contributed by atoms with Crippen molar-refractivity contribution in [2.45, 2.75) is 0 Å². The summed E-state index contributed by atoms with van der Waals surface area (Å²) in [5.74, 6) is 1.67. The fourth-order valence-corrected chi connectivity index (χ4v) is 11.7.